The van der Waals surface area contributed by atoms with Crippen molar-refractivity contribution in [2.24, 2.45) is 0 Å². The number of nitrogens with zero attached hydrogens (tertiary/aromatic N) is 3. The van der Waals surface area contributed by atoms with Gasteiger partial charge in [-0.3, -0.25) is 4.90 Å². The summed E-state index contributed by atoms with van der Waals surface area (Å²) in [6.45, 7) is 5.22. The maximum Gasteiger partial charge on any atom is 0.229 e. The van der Waals surface area contributed by atoms with E-state index >= 15 is 0 Å². The summed E-state index contributed by atoms with van der Waals surface area (Å²) in [6.07, 6.45) is 3.64. The van der Waals surface area contributed by atoms with Crippen LogP contribution in [0.2, 0.25) is 0 Å². The lowest BCUT2D eigenvalue weighted by atomic mass is 10.4. The Morgan fingerprint density at radius 2 is 2.06 bits per heavy atom. The molecule has 18 heavy (non-hydrogen) atoms. The zero-order chi connectivity index (χ0) is 10.8. The van der Waals surface area contributed by atoms with Crippen LogP contribution in [0.4, 0.5) is 0 Å². The molecular formula is C11H20Cl2N4O. The Kier molecular flexibility index (Phi) is 6.35. The summed E-state index contributed by atoms with van der Waals surface area (Å²) in [5.74, 6) is 2.26. The van der Waals surface area contributed by atoms with Crippen molar-refractivity contribution in [1.82, 2.24) is 20.4 Å². The molecule has 7 heteroatoms. The number of hydrogen-bond acceptors (Lipinski definition) is 5. The van der Waals surface area contributed by atoms with Crippen LogP contribution in [0.3, 0.4) is 0 Å². The van der Waals surface area contributed by atoms with Gasteiger partial charge in [0.15, 0.2) is 5.82 Å². The zero-order valence-electron chi connectivity index (χ0n) is 10.3. The summed E-state index contributed by atoms with van der Waals surface area (Å²) in [6, 6.07) is 0. The molecule has 0 bridgehead atoms. The van der Waals surface area contributed by atoms with E-state index in [2.05, 4.69) is 20.4 Å². The Hall–Kier alpha value is -0.360. The Bertz CT molecular complexity index is 349. The fourth-order valence-corrected chi connectivity index (χ4v) is 2.09. The van der Waals surface area contributed by atoms with Crippen LogP contribution in [0, 0.1) is 0 Å². The largest absolute Gasteiger partial charge is 0.339 e. The minimum atomic E-state index is 0. The molecule has 0 amide bonds. The van der Waals surface area contributed by atoms with Gasteiger partial charge in [0.2, 0.25) is 5.89 Å². The maximum atomic E-state index is 5.26. The second kappa shape index (κ2) is 7.28. The highest BCUT2D eigenvalue weighted by Gasteiger charge is 2.29. The molecule has 2 aliphatic rings. The molecule has 0 aromatic carbocycles. The molecule has 1 aliphatic carbocycles. The average Bonchev–Trinajstić information content (AvgIpc) is 3.07. The van der Waals surface area contributed by atoms with Crippen LogP contribution >= 0.6 is 24.8 Å². The third-order valence-corrected chi connectivity index (χ3v) is 3.21. The number of hydrogen-bond donors (Lipinski definition) is 1. The Labute approximate surface area is 120 Å². The number of aromatic nitrogens is 2. The molecular weight excluding hydrogens is 275 g/mol. The second-order valence-corrected chi connectivity index (χ2v) is 4.70. The predicted octanol–water partition coefficient (Wildman–Crippen LogP) is 1.59. The number of nitrogens with one attached hydrogen (secondary N) is 1. The molecule has 1 aromatic rings. The van der Waals surface area contributed by atoms with Gasteiger partial charge in [0.05, 0.1) is 6.54 Å². The second-order valence-electron chi connectivity index (χ2n) is 4.70. The van der Waals surface area contributed by atoms with Gasteiger partial charge in [-0.25, -0.2) is 0 Å². The lowest BCUT2D eigenvalue weighted by molar-refractivity contribution is 0.270. The molecule has 1 aliphatic heterocycles. The lowest BCUT2D eigenvalue weighted by Gasteiger charge is -2.16. The van der Waals surface area contributed by atoms with Crippen LogP contribution in [0.25, 0.3) is 0 Å². The predicted molar refractivity (Wildman–Crippen MR) is 73.5 cm³/mol. The van der Waals surface area contributed by atoms with Crippen LogP contribution in [0.15, 0.2) is 4.52 Å². The minimum absolute atomic E-state index is 0. The Morgan fingerprint density at radius 1 is 1.22 bits per heavy atom. The third-order valence-electron chi connectivity index (χ3n) is 3.21. The van der Waals surface area contributed by atoms with E-state index in [1.54, 1.807) is 0 Å². The van der Waals surface area contributed by atoms with Crippen LogP contribution in [-0.2, 0) is 6.54 Å². The van der Waals surface area contributed by atoms with Gasteiger partial charge in [0.25, 0.3) is 0 Å². The van der Waals surface area contributed by atoms with Crippen molar-refractivity contribution in [2.75, 3.05) is 26.2 Å². The molecule has 1 saturated carbocycles. The highest BCUT2D eigenvalue weighted by Crippen LogP contribution is 2.38. The normalized spacial score (nSPS) is 20.7. The minimum Gasteiger partial charge on any atom is -0.339 e. The highest BCUT2D eigenvalue weighted by molar-refractivity contribution is 5.85. The molecule has 2 heterocycles. The van der Waals surface area contributed by atoms with Gasteiger partial charge in [0, 0.05) is 19.0 Å². The smallest absolute Gasteiger partial charge is 0.229 e. The molecule has 0 atom stereocenters. The van der Waals surface area contributed by atoms with Crippen molar-refractivity contribution in [2.45, 2.75) is 31.7 Å². The van der Waals surface area contributed by atoms with Crippen molar-refractivity contribution in [3.63, 3.8) is 0 Å². The van der Waals surface area contributed by atoms with E-state index in [1.807, 2.05) is 0 Å². The first kappa shape index (κ1) is 15.7. The van der Waals surface area contributed by atoms with Crippen molar-refractivity contribution in [1.29, 1.82) is 0 Å². The van der Waals surface area contributed by atoms with Crippen molar-refractivity contribution < 1.29 is 4.52 Å². The summed E-state index contributed by atoms with van der Waals surface area (Å²) in [4.78, 5) is 6.85. The van der Waals surface area contributed by atoms with E-state index < -0.39 is 0 Å². The molecule has 3 rings (SSSR count). The lowest BCUT2D eigenvalue weighted by Crippen LogP contribution is -2.28. The van der Waals surface area contributed by atoms with E-state index in [-0.39, 0.29) is 24.8 Å². The molecule has 5 nitrogen and oxygen atoms in total. The molecule has 104 valence electrons. The van der Waals surface area contributed by atoms with Gasteiger partial charge in [-0.2, -0.15) is 4.98 Å². The molecule has 0 radical (unpaired) electrons. The standard InChI is InChI=1S/C11H18N4O.2ClH/c1-4-12-5-7-15(6-1)8-10-13-11(16-14-10)9-2-3-9;;/h9,12H,1-8H2;2*1H. The fraction of sp³-hybridized carbons (Fsp3) is 0.818. The van der Waals surface area contributed by atoms with E-state index in [9.17, 15) is 0 Å². The molecule has 0 spiro atoms. The van der Waals surface area contributed by atoms with Crippen LogP contribution in [0.1, 0.15) is 36.9 Å². The quantitative estimate of drug-likeness (QED) is 0.917. The Morgan fingerprint density at radius 3 is 2.83 bits per heavy atom. The summed E-state index contributed by atoms with van der Waals surface area (Å²) in [7, 11) is 0. The average molecular weight is 295 g/mol. The monoisotopic (exact) mass is 294 g/mol. The first-order valence-electron chi connectivity index (χ1n) is 6.17. The number of rotatable bonds is 3. The topological polar surface area (TPSA) is 54.2 Å². The molecule has 1 aromatic heterocycles. The van der Waals surface area contributed by atoms with Crippen LogP contribution in [-0.4, -0.2) is 41.2 Å². The maximum absolute atomic E-state index is 5.26. The van der Waals surface area contributed by atoms with E-state index in [1.165, 1.54) is 19.3 Å². The van der Waals surface area contributed by atoms with Gasteiger partial charge < -0.3 is 9.84 Å². The number of halogens is 2. The summed E-state index contributed by atoms with van der Waals surface area (Å²) >= 11 is 0. The van der Waals surface area contributed by atoms with E-state index in [4.69, 9.17) is 4.52 Å². The highest BCUT2D eigenvalue weighted by atomic mass is 35.5. The van der Waals surface area contributed by atoms with Gasteiger partial charge in [-0.05, 0) is 32.4 Å². The molecule has 1 saturated heterocycles. The zero-order valence-corrected chi connectivity index (χ0v) is 11.9. The first-order valence-corrected chi connectivity index (χ1v) is 6.17. The van der Waals surface area contributed by atoms with Gasteiger partial charge in [0.1, 0.15) is 0 Å². The molecule has 2 fully saturated rings. The first-order chi connectivity index (χ1) is 7.92. The van der Waals surface area contributed by atoms with E-state index in [0.29, 0.717) is 5.92 Å². The third kappa shape index (κ3) is 4.09. The van der Waals surface area contributed by atoms with Crippen LogP contribution in [0.5, 0.6) is 0 Å². The van der Waals surface area contributed by atoms with Gasteiger partial charge in [-0.1, -0.05) is 5.16 Å². The fourth-order valence-electron chi connectivity index (χ4n) is 2.09. The summed E-state index contributed by atoms with van der Waals surface area (Å²) < 4.78 is 5.26. The van der Waals surface area contributed by atoms with Crippen molar-refractivity contribution >= 4 is 24.8 Å². The van der Waals surface area contributed by atoms with Gasteiger partial charge in [-0.15, -0.1) is 24.8 Å². The van der Waals surface area contributed by atoms with Crippen molar-refractivity contribution in [3.8, 4) is 0 Å². The van der Waals surface area contributed by atoms with Gasteiger partial charge >= 0.3 is 0 Å². The molecule has 0 unspecified atom stereocenters. The Balaban J connectivity index is 0.000000810. The summed E-state index contributed by atoms with van der Waals surface area (Å²) in [5.41, 5.74) is 0. The molecule has 1 N–H and O–H groups in total. The van der Waals surface area contributed by atoms with Crippen LogP contribution < -0.4 is 5.32 Å². The summed E-state index contributed by atoms with van der Waals surface area (Å²) in [5, 5.41) is 7.44. The van der Waals surface area contributed by atoms with Crippen molar-refractivity contribution in [3.05, 3.63) is 11.7 Å². The van der Waals surface area contributed by atoms with E-state index in [0.717, 1.165) is 44.4 Å². The SMILES string of the molecule is C1CNCCN(Cc2noc(C3CC3)n2)C1.Cl.Cl.